The lowest BCUT2D eigenvalue weighted by Gasteiger charge is -2.27. The van der Waals surface area contributed by atoms with E-state index in [4.69, 9.17) is 0 Å². The van der Waals surface area contributed by atoms with Crippen LogP contribution >= 0.6 is 11.3 Å². The quantitative estimate of drug-likeness (QED) is 0.148. The van der Waals surface area contributed by atoms with Crippen LogP contribution in [0, 0.1) is 0 Å². The molecule has 296 valence electrons. The average molecular weight is 821 g/mol. The van der Waals surface area contributed by atoms with E-state index in [1.54, 1.807) is 0 Å². The molecule has 12 aromatic rings. The number of thiophene rings is 1. The summed E-state index contributed by atoms with van der Waals surface area (Å²) in [6.45, 7) is 0. The van der Waals surface area contributed by atoms with Crippen LogP contribution in [0.5, 0.6) is 0 Å². The second-order valence-corrected chi connectivity index (χ2v) is 17.2. The molecule has 2 nitrogen and oxygen atoms in total. The fourth-order valence-corrected chi connectivity index (χ4v) is 10.6. The molecule has 0 aliphatic rings. The van der Waals surface area contributed by atoms with Crippen LogP contribution in [0.25, 0.3) is 92.2 Å². The van der Waals surface area contributed by atoms with Crippen LogP contribution < -0.4 is 4.90 Å². The highest BCUT2D eigenvalue weighted by Crippen LogP contribution is 2.47. The lowest BCUT2D eigenvalue weighted by atomic mass is 9.96. The first-order chi connectivity index (χ1) is 31.2. The van der Waals surface area contributed by atoms with E-state index in [0.717, 1.165) is 17.1 Å². The van der Waals surface area contributed by atoms with Crippen molar-refractivity contribution in [1.29, 1.82) is 0 Å². The van der Waals surface area contributed by atoms with Crippen LogP contribution in [-0.4, -0.2) is 4.57 Å². The summed E-state index contributed by atoms with van der Waals surface area (Å²) in [5.41, 5.74) is 16.5. The molecule has 0 aliphatic carbocycles. The molecule has 0 fully saturated rings. The Labute approximate surface area is 370 Å². The van der Waals surface area contributed by atoms with Crippen LogP contribution in [0.2, 0.25) is 0 Å². The first-order valence-electron chi connectivity index (χ1n) is 21.5. The minimum absolute atomic E-state index is 1.10. The van der Waals surface area contributed by atoms with Crippen LogP contribution in [0.4, 0.5) is 17.1 Å². The third-order valence-electron chi connectivity index (χ3n) is 12.4. The van der Waals surface area contributed by atoms with Gasteiger partial charge < -0.3 is 9.47 Å². The number of benzene rings is 10. The number of nitrogens with zero attached hydrogens (tertiary/aromatic N) is 2. The maximum Gasteiger partial charge on any atom is 0.0640 e. The Bertz CT molecular complexity index is 3530. The molecule has 0 bridgehead atoms. The fourth-order valence-electron chi connectivity index (χ4n) is 9.43. The van der Waals surface area contributed by atoms with Crippen molar-refractivity contribution in [3.05, 3.63) is 243 Å². The topological polar surface area (TPSA) is 8.17 Å². The van der Waals surface area contributed by atoms with E-state index in [-0.39, 0.29) is 0 Å². The SMILES string of the molecule is c1ccc(-c2cc(-c3ccccc3)cc(N(c3ccc(-c4ccc(-c5cccc6c5c5ccccc5n6-c5ccccc5)cc4)cc3)c3cccc4c3sc3ccccc34)c2)cc1. The van der Waals surface area contributed by atoms with Gasteiger partial charge in [0.15, 0.2) is 0 Å². The first-order valence-corrected chi connectivity index (χ1v) is 22.3. The van der Waals surface area contributed by atoms with Gasteiger partial charge in [-0.05, 0) is 111 Å². The molecule has 0 saturated carbocycles. The molecule has 0 amide bonds. The van der Waals surface area contributed by atoms with Gasteiger partial charge in [0, 0.05) is 43.3 Å². The van der Waals surface area contributed by atoms with Gasteiger partial charge in [-0.1, -0.05) is 176 Å². The van der Waals surface area contributed by atoms with Gasteiger partial charge >= 0.3 is 0 Å². The fraction of sp³-hybridized carbons (Fsp3) is 0. The van der Waals surface area contributed by atoms with Gasteiger partial charge in [-0.25, -0.2) is 0 Å². The normalized spacial score (nSPS) is 11.5. The van der Waals surface area contributed by atoms with Crippen molar-refractivity contribution in [3.63, 3.8) is 0 Å². The highest BCUT2D eigenvalue weighted by atomic mass is 32.1. The van der Waals surface area contributed by atoms with E-state index < -0.39 is 0 Å². The van der Waals surface area contributed by atoms with E-state index in [9.17, 15) is 0 Å². The zero-order chi connectivity index (χ0) is 41.7. The summed E-state index contributed by atoms with van der Waals surface area (Å²) in [5, 5.41) is 5.10. The predicted molar refractivity (Wildman–Crippen MR) is 270 cm³/mol. The average Bonchev–Trinajstić information content (AvgIpc) is 3.92. The van der Waals surface area contributed by atoms with Crippen molar-refractivity contribution in [1.82, 2.24) is 4.57 Å². The number of hydrogen-bond acceptors (Lipinski definition) is 2. The van der Waals surface area contributed by atoms with Crippen molar-refractivity contribution < 1.29 is 0 Å². The van der Waals surface area contributed by atoms with Gasteiger partial charge in [0.1, 0.15) is 0 Å². The van der Waals surface area contributed by atoms with E-state index in [2.05, 4.69) is 252 Å². The molecule has 0 spiro atoms. The number of hydrogen-bond donors (Lipinski definition) is 0. The van der Waals surface area contributed by atoms with Gasteiger partial charge in [-0.2, -0.15) is 0 Å². The summed E-state index contributed by atoms with van der Waals surface area (Å²) in [4.78, 5) is 2.45. The van der Waals surface area contributed by atoms with Gasteiger partial charge in [-0.3, -0.25) is 0 Å². The Morgan fingerprint density at radius 1 is 0.333 bits per heavy atom. The Balaban J connectivity index is 0.970. The Hall–Kier alpha value is -7.98. The third kappa shape index (κ3) is 6.50. The van der Waals surface area contributed by atoms with E-state index in [0.29, 0.717) is 0 Å². The molecule has 0 unspecified atom stereocenters. The third-order valence-corrected chi connectivity index (χ3v) is 13.6. The molecular formula is C60H40N2S. The Morgan fingerprint density at radius 2 is 0.857 bits per heavy atom. The molecule has 12 rings (SSSR count). The predicted octanol–water partition coefficient (Wildman–Crippen LogP) is 17.3. The van der Waals surface area contributed by atoms with Gasteiger partial charge in [0.05, 0.1) is 21.4 Å². The zero-order valence-corrected chi connectivity index (χ0v) is 35.2. The lowest BCUT2D eigenvalue weighted by molar-refractivity contribution is 1.18. The summed E-state index contributed by atoms with van der Waals surface area (Å²) in [6, 6.07) is 88.3. The van der Waals surface area contributed by atoms with E-state index >= 15 is 0 Å². The number of aromatic nitrogens is 1. The minimum atomic E-state index is 1.10. The standard InChI is InChI=1S/C60H40N2S/c1-4-16-41(17-5-1)46-38-47(42-18-6-2-7-19-42)40-50(39-46)61(57-28-15-25-53-52-22-11-13-29-58(52)63-60(53)57)49-36-34-44(35-37-49)43-30-32-45(33-31-43)51-24-14-27-56-59(51)54-23-10-12-26-55(54)62(56)48-20-8-3-9-21-48/h1-40H. The monoisotopic (exact) mass is 820 g/mol. The highest BCUT2D eigenvalue weighted by molar-refractivity contribution is 7.26. The molecule has 0 saturated heterocycles. The molecule has 2 heterocycles. The second kappa shape index (κ2) is 15.5. The molecule has 0 radical (unpaired) electrons. The van der Waals surface area contributed by atoms with Crippen molar-refractivity contribution in [3.8, 4) is 50.2 Å². The van der Waals surface area contributed by atoms with Crippen molar-refractivity contribution >= 4 is 70.4 Å². The molecule has 2 aromatic heterocycles. The number of rotatable bonds is 8. The molecule has 0 N–H and O–H groups in total. The smallest absolute Gasteiger partial charge is 0.0640 e. The number of anilines is 3. The van der Waals surface area contributed by atoms with Crippen molar-refractivity contribution in [2.24, 2.45) is 0 Å². The van der Waals surface area contributed by atoms with Crippen LogP contribution in [-0.2, 0) is 0 Å². The summed E-state index contributed by atoms with van der Waals surface area (Å²) < 4.78 is 4.95. The van der Waals surface area contributed by atoms with Gasteiger partial charge in [0.2, 0.25) is 0 Å². The minimum Gasteiger partial charge on any atom is -0.309 e. The molecule has 0 atom stereocenters. The largest absolute Gasteiger partial charge is 0.309 e. The molecule has 0 aliphatic heterocycles. The van der Waals surface area contributed by atoms with Crippen molar-refractivity contribution in [2.75, 3.05) is 4.90 Å². The van der Waals surface area contributed by atoms with Crippen LogP contribution in [0.1, 0.15) is 0 Å². The second-order valence-electron chi connectivity index (χ2n) is 16.1. The maximum atomic E-state index is 2.45. The van der Waals surface area contributed by atoms with Crippen LogP contribution in [0.3, 0.4) is 0 Å². The number of para-hydroxylation sites is 2. The number of fused-ring (bicyclic) bond motifs is 6. The molecule has 3 heteroatoms. The summed E-state index contributed by atoms with van der Waals surface area (Å²) in [6.07, 6.45) is 0. The lowest BCUT2D eigenvalue weighted by Crippen LogP contribution is -2.10. The highest BCUT2D eigenvalue weighted by Gasteiger charge is 2.21. The first kappa shape index (κ1) is 36.8. The van der Waals surface area contributed by atoms with E-state index in [1.807, 2.05) is 11.3 Å². The maximum absolute atomic E-state index is 2.45. The van der Waals surface area contributed by atoms with E-state index in [1.165, 1.54) is 92.2 Å². The molecular weight excluding hydrogens is 781 g/mol. The summed E-state index contributed by atoms with van der Waals surface area (Å²) in [5.74, 6) is 0. The Morgan fingerprint density at radius 3 is 1.56 bits per heavy atom. The van der Waals surface area contributed by atoms with Crippen LogP contribution in [0.15, 0.2) is 243 Å². The molecule has 10 aromatic carbocycles. The van der Waals surface area contributed by atoms with Gasteiger partial charge in [0.25, 0.3) is 0 Å². The molecule has 63 heavy (non-hydrogen) atoms. The summed E-state index contributed by atoms with van der Waals surface area (Å²) >= 11 is 1.86. The Kier molecular flexibility index (Phi) is 9.06. The van der Waals surface area contributed by atoms with Crippen molar-refractivity contribution in [2.45, 2.75) is 0 Å². The summed E-state index contributed by atoms with van der Waals surface area (Å²) in [7, 11) is 0. The van der Waals surface area contributed by atoms with Gasteiger partial charge in [-0.15, -0.1) is 11.3 Å². The zero-order valence-electron chi connectivity index (χ0n) is 34.4.